The molecule has 0 aliphatic rings. The first kappa shape index (κ1) is 24.7. The number of unbranched alkanes of at least 4 members (excludes halogenated alkanes) is 2. The summed E-state index contributed by atoms with van der Waals surface area (Å²) in [6.07, 6.45) is 3.91. The molecule has 0 aromatic heterocycles. The highest BCUT2D eigenvalue weighted by atomic mass is 16.2. The van der Waals surface area contributed by atoms with E-state index in [0.29, 0.717) is 18.7 Å². The van der Waals surface area contributed by atoms with Gasteiger partial charge in [-0.25, -0.2) is 0 Å². The Morgan fingerprint density at radius 2 is 1.39 bits per heavy atom. The number of nitrogens with zero attached hydrogens (tertiary/aromatic N) is 1. The van der Waals surface area contributed by atoms with Gasteiger partial charge >= 0.3 is 0 Å². The Bertz CT molecular complexity index is 1090. The number of amides is 1. The SMILES string of the molecule is CCCCN(CCCC)C(=O)C(C(=O)c1cccc2ccccc12)c1c(C)cc(C)cc1C. The molecule has 174 valence electrons. The first-order valence-electron chi connectivity index (χ1n) is 12.3. The topological polar surface area (TPSA) is 37.4 Å². The molecule has 0 N–H and O–H groups in total. The molecule has 0 saturated carbocycles. The van der Waals surface area contributed by atoms with Gasteiger partial charge in [-0.1, -0.05) is 86.8 Å². The summed E-state index contributed by atoms with van der Waals surface area (Å²) >= 11 is 0. The molecule has 3 rings (SSSR count). The molecule has 1 atom stereocenters. The molecule has 33 heavy (non-hydrogen) atoms. The van der Waals surface area contributed by atoms with Crippen molar-refractivity contribution in [2.24, 2.45) is 0 Å². The summed E-state index contributed by atoms with van der Waals surface area (Å²) in [4.78, 5) is 30.2. The molecule has 0 aliphatic carbocycles. The summed E-state index contributed by atoms with van der Waals surface area (Å²) in [5, 5.41) is 1.92. The third kappa shape index (κ3) is 5.52. The number of benzene rings is 3. The molecule has 3 aromatic rings. The fourth-order valence-electron chi connectivity index (χ4n) is 4.82. The highest BCUT2D eigenvalue weighted by Crippen LogP contribution is 2.32. The molecule has 0 aliphatic heterocycles. The first-order valence-corrected chi connectivity index (χ1v) is 12.3. The molecular weight excluding hydrogens is 406 g/mol. The van der Waals surface area contributed by atoms with Crippen LogP contribution in [0.25, 0.3) is 10.8 Å². The minimum atomic E-state index is -0.829. The lowest BCUT2D eigenvalue weighted by molar-refractivity contribution is -0.131. The van der Waals surface area contributed by atoms with E-state index in [1.54, 1.807) is 0 Å². The predicted molar refractivity (Wildman–Crippen MR) is 138 cm³/mol. The third-order valence-corrected chi connectivity index (χ3v) is 6.47. The normalized spacial score (nSPS) is 12.0. The molecular formula is C30H37NO2. The van der Waals surface area contributed by atoms with Crippen LogP contribution in [0.3, 0.4) is 0 Å². The van der Waals surface area contributed by atoms with E-state index < -0.39 is 5.92 Å². The summed E-state index contributed by atoms with van der Waals surface area (Å²) < 4.78 is 0. The average Bonchev–Trinajstić information content (AvgIpc) is 2.80. The second-order valence-electron chi connectivity index (χ2n) is 9.17. The number of carbonyl (C=O) groups excluding carboxylic acids is 2. The van der Waals surface area contributed by atoms with Gasteiger partial charge in [-0.15, -0.1) is 0 Å². The Morgan fingerprint density at radius 3 is 2.00 bits per heavy atom. The van der Waals surface area contributed by atoms with Gasteiger partial charge in [0.05, 0.1) is 0 Å². The van der Waals surface area contributed by atoms with E-state index >= 15 is 0 Å². The molecule has 0 bridgehead atoms. The number of carbonyl (C=O) groups is 2. The maximum Gasteiger partial charge on any atom is 0.238 e. The minimum absolute atomic E-state index is 0.0649. The molecule has 0 radical (unpaired) electrons. The quantitative estimate of drug-likeness (QED) is 0.246. The lowest BCUT2D eigenvalue weighted by atomic mass is 9.82. The van der Waals surface area contributed by atoms with Crippen molar-refractivity contribution in [3.63, 3.8) is 0 Å². The number of ketones is 1. The van der Waals surface area contributed by atoms with Gasteiger partial charge in [0.25, 0.3) is 0 Å². The summed E-state index contributed by atoms with van der Waals surface area (Å²) in [5.74, 6) is -1.00. The molecule has 3 nitrogen and oxygen atoms in total. The van der Waals surface area contributed by atoms with Crippen LogP contribution in [0.5, 0.6) is 0 Å². The zero-order valence-electron chi connectivity index (χ0n) is 20.8. The van der Waals surface area contributed by atoms with E-state index in [1.807, 2.05) is 61.2 Å². The standard InChI is InChI=1S/C30H37NO2/c1-6-8-17-31(18-9-7-2)30(33)28(27-22(4)19-21(3)20-23(27)5)29(32)26-16-12-14-24-13-10-11-15-25(24)26/h10-16,19-20,28H,6-9,17-18H2,1-5H3. The zero-order valence-corrected chi connectivity index (χ0v) is 20.8. The maximum absolute atomic E-state index is 14.2. The Labute approximate surface area is 198 Å². The summed E-state index contributed by atoms with van der Waals surface area (Å²) in [7, 11) is 0. The van der Waals surface area contributed by atoms with Gasteiger partial charge in [0.2, 0.25) is 5.91 Å². The van der Waals surface area contributed by atoms with E-state index in [9.17, 15) is 9.59 Å². The number of Topliss-reactive ketones (excluding diaryl/α,β-unsaturated/α-hetero) is 1. The van der Waals surface area contributed by atoms with E-state index in [1.165, 1.54) is 0 Å². The van der Waals surface area contributed by atoms with Gasteiger partial charge in [-0.2, -0.15) is 0 Å². The van der Waals surface area contributed by atoms with E-state index in [4.69, 9.17) is 0 Å². The van der Waals surface area contributed by atoms with Crippen LogP contribution >= 0.6 is 0 Å². The minimum Gasteiger partial charge on any atom is -0.342 e. The lowest BCUT2D eigenvalue weighted by Crippen LogP contribution is -2.40. The van der Waals surface area contributed by atoms with Crippen molar-refractivity contribution in [3.8, 4) is 0 Å². The summed E-state index contributed by atoms with van der Waals surface area (Å²) in [5.41, 5.74) is 4.64. The van der Waals surface area contributed by atoms with Crippen molar-refractivity contribution < 1.29 is 9.59 Å². The van der Waals surface area contributed by atoms with Gasteiger partial charge in [0.1, 0.15) is 5.92 Å². The Kier molecular flexibility index (Phi) is 8.43. The number of fused-ring (bicyclic) bond motifs is 1. The van der Waals surface area contributed by atoms with Crippen LogP contribution in [0, 0.1) is 20.8 Å². The second kappa shape index (κ2) is 11.3. The molecule has 0 heterocycles. The molecule has 3 heteroatoms. The third-order valence-electron chi connectivity index (χ3n) is 6.47. The highest BCUT2D eigenvalue weighted by molar-refractivity contribution is 6.19. The fourth-order valence-corrected chi connectivity index (χ4v) is 4.82. The maximum atomic E-state index is 14.2. The van der Waals surface area contributed by atoms with Gasteiger partial charge in [-0.05, 0) is 61.1 Å². The van der Waals surface area contributed by atoms with E-state index in [-0.39, 0.29) is 11.7 Å². The van der Waals surface area contributed by atoms with Gasteiger partial charge < -0.3 is 4.90 Å². The number of hydrogen-bond donors (Lipinski definition) is 0. The molecule has 0 spiro atoms. The average molecular weight is 444 g/mol. The number of aryl methyl sites for hydroxylation is 3. The molecule has 3 aromatic carbocycles. The van der Waals surface area contributed by atoms with Crippen molar-refractivity contribution in [2.45, 2.75) is 66.2 Å². The smallest absolute Gasteiger partial charge is 0.238 e. The molecule has 0 fully saturated rings. The van der Waals surface area contributed by atoms with Crippen LogP contribution in [-0.2, 0) is 4.79 Å². The predicted octanol–water partition coefficient (Wildman–Crippen LogP) is 7.16. The van der Waals surface area contributed by atoms with Crippen LogP contribution < -0.4 is 0 Å². The molecule has 1 unspecified atom stereocenters. The van der Waals surface area contributed by atoms with Crippen molar-refractivity contribution in [2.75, 3.05) is 13.1 Å². The van der Waals surface area contributed by atoms with Crippen LogP contribution in [0.15, 0.2) is 54.6 Å². The van der Waals surface area contributed by atoms with Gasteiger partial charge in [-0.3, -0.25) is 9.59 Å². The van der Waals surface area contributed by atoms with Crippen LogP contribution in [0.1, 0.15) is 78.1 Å². The Hall–Kier alpha value is -2.94. The number of hydrogen-bond acceptors (Lipinski definition) is 2. The monoisotopic (exact) mass is 443 g/mol. The fraction of sp³-hybridized carbons (Fsp3) is 0.400. The molecule has 0 saturated heterocycles. The summed E-state index contributed by atoms with van der Waals surface area (Å²) in [6, 6.07) is 17.9. The van der Waals surface area contributed by atoms with Crippen molar-refractivity contribution in [3.05, 3.63) is 82.4 Å². The number of rotatable bonds is 10. The van der Waals surface area contributed by atoms with Crippen molar-refractivity contribution in [1.82, 2.24) is 4.90 Å². The van der Waals surface area contributed by atoms with Gasteiger partial charge in [0, 0.05) is 18.7 Å². The lowest BCUT2D eigenvalue weighted by Gasteiger charge is -2.29. The Balaban J connectivity index is 2.16. The van der Waals surface area contributed by atoms with Crippen molar-refractivity contribution in [1.29, 1.82) is 0 Å². The molecule has 1 amide bonds. The first-order chi connectivity index (χ1) is 15.9. The Morgan fingerprint density at radius 1 is 0.818 bits per heavy atom. The van der Waals surface area contributed by atoms with Crippen LogP contribution in [0.2, 0.25) is 0 Å². The van der Waals surface area contributed by atoms with Gasteiger partial charge in [0.15, 0.2) is 5.78 Å². The zero-order chi connectivity index (χ0) is 24.0. The largest absolute Gasteiger partial charge is 0.342 e. The van der Waals surface area contributed by atoms with E-state index in [0.717, 1.165) is 58.7 Å². The summed E-state index contributed by atoms with van der Waals surface area (Å²) in [6.45, 7) is 11.8. The van der Waals surface area contributed by atoms with E-state index in [2.05, 4.69) is 32.9 Å². The van der Waals surface area contributed by atoms with Crippen LogP contribution in [-0.4, -0.2) is 29.7 Å². The van der Waals surface area contributed by atoms with Crippen LogP contribution in [0.4, 0.5) is 0 Å². The second-order valence-corrected chi connectivity index (χ2v) is 9.17. The highest BCUT2D eigenvalue weighted by Gasteiger charge is 2.35. The van der Waals surface area contributed by atoms with Crippen molar-refractivity contribution >= 4 is 22.5 Å².